The SMILES string of the molecule is CC(C)N1C[C@H](C(=O)NCCc2ccccc2)[C@H](C(=O)O)C1. The van der Waals surface area contributed by atoms with Gasteiger partial charge in [-0.3, -0.25) is 14.5 Å². The maximum absolute atomic E-state index is 12.3. The van der Waals surface area contributed by atoms with E-state index in [1.165, 1.54) is 0 Å². The average molecular weight is 304 g/mol. The zero-order valence-corrected chi connectivity index (χ0v) is 13.2. The van der Waals surface area contributed by atoms with Crippen molar-refractivity contribution in [1.82, 2.24) is 10.2 Å². The third-order valence-electron chi connectivity index (χ3n) is 4.29. The van der Waals surface area contributed by atoms with Gasteiger partial charge >= 0.3 is 5.97 Å². The number of carboxylic acid groups (broad SMARTS) is 1. The first-order chi connectivity index (χ1) is 10.5. The van der Waals surface area contributed by atoms with Gasteiger partial charge in [-0.2, -0.15) is 0 Å². The van der Waals surface area contributed by atoms with Crippen molar-refractivity contribution in [2.45, 2.75) is 26.3 Å². The van der Waals surface area contributed by atoms with E-state index in [1.54, 1.807) is 0 Å². The fraction of sp³-hybridized carbons (Fsp3) is 0.529. The molecule has 1 aromatic carbocycles. The topological polar surface area (TPSA) is 69.6 Å². The molecule has 120 valence electrons. The van der Waals surface area contributed by atoms with Crippen LogP contribution in [0.2, 0.25) is 0 Å². The number of carboxylic acids is 1. The number of carbonyl (C=O) groups excluding carboxylic acids is 1. The summed E-state index contributed by atoms with van der Waals surface area (Å²) in [5.41, 5.74) is 1.16. The number of likely N-dealkylation sites (tertiary alicyclic amines) is 1. The Hall–Kier alpha value is -1.88. The number of amides is 1. The Morgan fingerprint density at radius 2 is 1.86 bits per heavy atom. The predicted octanol–water partition coefficient (Wildman–Crippen LogP) is 1.39. The van der Waals surface area contributed by atoms with Crippen LogP contribution in [-0.4, -0.2) is 47.6 Å². The van der Waals surface area contributed by atoms with E-state index in [2.05, 4.69) is 10.2 Å². The van der Waals surface area contributed by atoms with Crippen LogP contribution in [0.3, 0.4) is 0 Å². The van der Waals surface area contributed by atoms with Gasteiger partial charge in [-0.25, -0.2) is 0 Å². The maximum Gasteiger partial charge on any atom is 0.308 e. The summed E-state index contributed by atoms with van der Waals surface area (Å²) in [4.78, 5) is 25.7. The normalized spacial score (nSPS) is 22.0. The third kappa shape index (κ3) is 4.07. The average Bonchev–Trinajstić information content (AvgIpc) is 2.94. The lowest BCUT2D eigenvalue weighted by Crippen LogP contribution is -2.38. The maximum atomic E-state index is 12.3. The summed E-state index contributed by atoms with van der Waals surface area (Å²) in [5.74, 6) is -2.10. The highest BCUT2D eigenvalue weighted by molar-refractivity contribution is 5.85. The third-order valence-corrected chi connectivity index (χ3v) is 4.29. The molecule has 2 atom stereocenters. The van der Waals surface area contributed by atoms with Gasteiger partial charge in [0.05, 0.1) is 11.8 Å². The molecule has 1 amide bonds. The second-order valence-corrected chi connectivity index (χ2v) is 6.13. The fourth-order valence-electron chi connectivity index (χ4n) is 2.88. The number of rotatable bonds is 6. The molecule has 1 fully saturated rings. The Morgan fingerprint density at radius 1 is 1.23 bits per heavy atom. The largest absolute Gasteiger partial charge is 0.481 e. The molecule has 0 aliphatic carbocycles. The number of benzene rings is 1. The number of nitrogens with one attached hydrogen (secondary N) is 1. The highest BCUT2D eigenvalue weighted by atomic mass is 16.4. The van der Waals surface area contributed by atoms with E-state index in [-0.39, 0.29) is 11.9 Å². The molecule has 22 heavy (non-hydrogen) atoms. The first kappa shape index (κ1) is 16.5. The number of nitrogens with zero attached hydrogens (tertiary/aromatic N) is 1. The quantitative estimate of drug-likeness (QED) is 0.833. The van der Waals surface area contributed by atoms with Gasteiger partial charge in [0.1, 0.15) is 0 Å². The van der Waals surface area contributed by atoms with Crippen LogP contribution in [0, 0.1) is 11.8 Å². The van der Waals surface area contributed by atoms with E-state index < -0.39 is 17.8 Å². The van der Waals surface area contributed by atoms with E-state index in [0.717, 1.165) is 12.0 Å². The van der Waals surface area contributed by atoms with Crippen LogP contribution in [0.25, 0.3) is 0 Å². The summed E-state index contributed by atoms with van der Waals surface area (Å²) >= 11 is 0. The Kier molecular flexibility index (Phi) is 5.55. The summed E-state index contributed by atoms with van der Waals surface area (Å²) in [5, 5.41) is 12.2. The first-order valence-electron chi connectivity index (χ1n) is 7.77. The molecule has 0 aromatic heterocycles. The predicted molar refractivity (Wildman–Crippen MR) is 84.5 cm³/mol. The molecule has 1 aliphatic rings. The molecule has 1 aliphatic heterocycles. The van der Waals surface area contributed by atoms with Gasteiger partial charge in [0.2, 0.25) is 5.91 Å². The van der Waals surface area contributed by atoms with Crippen molar-refractivity contribution in [3.05, 3.63) is 35.9 Å². The van der Waals surface area contributed by atoms with Crippen LogP contribution < -0.4 is 5.32 Å². The Labute approximate surface area is 131 Å². The Morgan fingerprint density at radius 3 is 2.45 bits per heavy atom. The molecule has 2 N–H and O–H groups in total. The Balaban J connectivity index is 1.88. The summed E-state index contributed by atoms with van der Waals surface area (Å²) < 4.78 is 0. The fourth-order valence-corrected chi connectivity index (χ4v) is 2.88. The highest BCUT2D eigenvalue weighted by Gasteiger charge is 2.42. The summed E-state index contributed by atoms with van der Waals surface area (Å²) in [6.45, 7) is 5.55. The van der Waals surface area contributed by atoms with Crippen LogP contribution in [0.5, 0.6) is 0 Å². The van der Waals surface area contributed by atoms with Crippen molar-refractivity contribution in [1.29, 1.82) is 0 Å². The molecule has 0 unspecified atom stereocenters. The number of aliphatic carboxylic acids is 1. The molecule has 0 spiro atoms. The molecule has 2 rings (SSSR count). The van der Waals surface area contributed by atoms with Gasteiger partial charge < -0.3 is 10.4 Å². The lowest BCUT2D eigenvalue weighted by Gasteiger charge is -2.19. The molecule has 1 saturated heterocycles. The van der Waals surface area contributed by atoms with Gasteiger partial charge in [0.15, 0.2) is 0 Å². The van der Waals surface area contributed by atoms with E-state index in [1.807, 2.05) is 44.2 Å². The van der Waals surface area contributed by atoms with Crippen LogP contribution >= 0.6 is 0 Å². The minimum absolute atomic E-state index is 0.147. The lowest BCUT2D eigenvalue weighted by molar-refractivity contribution is -0.145. The molecular weight excluding hydrogens is 280 g/mol. The number of hydrogen-bond donors (Lipinski definition) is 2. The molecule has 5 heteroatoms. The van der Waals surface area contributed by atoms with Crippen LogP contribution in [0.4, 0.5) is 0 Å². The van der Waals surface area contributed by atoms with Crippen LogP contribution in [-0.2, 0) is 16.0 Å². The van der Waals surface area contributed by atoms with Crippen molar-refractivity contribution >= 4 is 11.9 Å². The smallest absolute Gasteiger partial charge is 0.308 e. The zero-order valence-electron chi connectivity index (χ0n) is 13.2. The first-order valence-corrected chi connectivity index (χ1v) is 7.77. The van der Waals surface area contributed by atoms with E-state index in [4.69, 9.17) is 0 Å². The molecular formula is C17H24N2O3. The molecule has 1 aromatic rings. The van der Waals surface area contributed by atoms with Crippen LogP contribution in [0.15, 0.2) is 30.3 Å². The summed E-state index contributed by atoms with van der Waals surface area (Å²) in [7, 11) is 0. The Bertz CT molecular complexity index is 516. The van der Waals surface area contributed by atoms with Gasteiger partial charge in [-0.1, -0.05) is 30.3 Å². The van der Waals surface area contributed by atoms with Crippen molar-refractivity contribution < 1.29 is 14.7 Å². The van der Waals surface area contributed by atoms with Gasteiger partial charge in [-0.15, -0.1) is 0 Å². The van der Waals surface area contributed by atoms with E-state index >= 15 is 0 Å². The van der Waals surface area contributed by atoms with Crippen molar-refractivity contribution in [3.63, 3.8) is 0 Å². The molecule has 0 radical (unpaired) electrons. The van der Waals surface area contributed by atoms with Gasteiger partial charge in [0, 0.05) is 25.7 Å². The molecule has 5 nitrogen and oxygen atoms in total. The molecule has 1 heterocycles. The second-order valence-electron chi connectivity index (χ2n) is 6.13. The van der Waals surface area contributed by atoms with Crippen molar-refractivity contribution in [2.75, 3.05) is 19.6 Å². The van der Waals surface area contributed by atoms with Crippen molar-refractivity contribution in [2.24, 2.45) is 11.8 Å². The number of hydrogen-bond acceptors (Lipinski definition) is 3. The minimum Gasteiger partial charge on any atom is -0.481 e. The minimum atomic E-state index is -0.883. The number of carbonyl (C=O) groups is 2. The summed E-state index contributed by atoms with van der Waals surface area (Å²) in [6.07, 6.45) is 0.755. The molecule has 0 saturated carbocycles. The summed E-state index contributed by atoms with van der Waals surface area (Å²) in [6, 6.07) is 10.2. The monoisotopic (exact) mass is 304 g/mol. The van der Waals surface area contributed by atoms with E-state index in [9.17, 15) is 14.7 Å². The van der Waals surface area contributed by atoms with E-state index in [0.29, 0.717) is 19.6 Å². The second kappa shape index (κ2) is 7.40. The molecule has 0 bridgehead atoms. The van der Waals surface area contributed by atoms with Crippen molar-refractivity contribution in [3.8, 4) is 0 Å². The standard InChI is InChI=1S/C17H24N2O3/c1-12(2)19-10-14(15(11-19)17(21)22)16(20)18-9-8-13-6-4-3-5-7-13/h3-7,12,14-15H,8-11H2,1-2H3,(H,18,20)(H,21,22)/t14-,15+/m0/s1. The highest BCUT2D eigenvalue weighted by Crippen LogP contribution is 2.25. The van der Waals surface area contributed by atoms with Crippen LogP contribution in [0.1, 0.15) is 19.4 Å². The zero-order chi connectivity index (χ0) is 16.1. The van der Waals surface area contributed by atoms with Gasteiger partial charge in [-0.05, 0) is 25.8 Å². The lowest BCUT2D eigenvalue weighted by atomic mass is 9.95. The van der Waals surface area contributed by atoms with Gasteiger partial charge in [0.25, 0.3) is 0 Å².